The van der Waals surface area contributed by atoms with Gasteiger partial charge in [0, 0.05) is 5.56 Å². The van der Waals surface area contributed by atoms with Gasteiger partial charge in [0.25, 0.3) is 11.8 Å². The Morgan fingerprint density at radius 1 is 0.761 bits per heavy atom. The number of amides is 2. The van der Waals surface area contributed by atoms with Crippen molar-refractivity contribution < 1.29 is 42.8 Å². The van der Waals surface area contributed by atoms with Gasteiger partial charge in [-0.15, -0.1) is 0 Å². The molecule has 4 aromatic rings. The summed E-state index contributed by atoms with van der Waals surface area (Å²) in [5, 5.41) is 6.68. The maximum Gasteiger partial charge on any atom is 0.343 e. The van der Waals surface area contributed by atoms with Crippen molar-refractivity contribution >= 4 is 30.1 Å². The second kappa shape index (κ2) is 14.4. The second-order valence-corrected chi connectivity index (χ2v) is 9.57. The van der Waals surface area contributed by atoms with Crippen molar-refractivity contribution in [1.82, 2.24) is 10.7 Å². The quantitative estimate of drug-likeness (QED) is 0.0807. The summed E-state index contributed by atoms with van der Waals surface area (Å²) in [5.74, 6) is 0.465. The number of fused-ring (bicyclic) bond motifs is 1. The van der Waals surface area contributed by atoms with Crippen LogP contribution in [0.1, 0.15) is 31.8 Å². The minimum absolute atomic E-state index is 0.0575. The first-order valence-corrected chi connectivity index (χ1v) is 13.8. The van der Waals surface area contributed by atoms with Gasteiger partial charge in [-0.1, -0.05) is 36.4 Å². The monoisotopic (exact) mass is 623 g/mol. The fraction of sp³-hybridized carbons (Fsp3) is 0.118. The van der Waals surface area contributed by atoms with Crippen LogP contribution in [-0.2, 0) is 4.79 Å². The van der Waals surface area contributed by atoms with Crippen LogP contribution < -0.4 is 39.2 Å². The van der Waals surface area contributed by atoms with E-state index in [0.717, 1.165) is 0 Å². The van der Waals surface area contributed by atoms with Gasteiger partial charge in [-0.05, 0) is 65.7 Å². The van der Waals surface area contributed by atoms with Gasteiger partial charge in [-0.25, -0.2) is 10.2 Å². The van der Waals surface area contributed by atoms with E-state index in [4.69, 9.17) is 28.4 Å². The maximum absolute atomic E-state index is 13.2. The topological polar surface area (TPSA) is 143 Å². The lowest BCUT2D eigenvalue weighted by Crippen LogP contribution is -2.32. The number of carbonyl (C=O) groups excluding carboxylic acids is 3. The first-order chi connectivity index (χ1) is 22.4. The Balaban J connectivity index is 1.30. The molecule has 12 nitrogen and oxygen atoms in total. The number of hydrogen-bond donors (Lipinski definition) is 2. The molecule has 1 heterocycles. The fourth-order valence-corrected chi connectivity index (χ4v) is 4.36. The Morgan fingerprint density at radius 3 is 2.22 bits per heavy atom. The van der Waals surface area contributed by atoms with E-state index in [2.05, 4.69) is 15.8 Å². The van der Waals surface area contributed by atoms with Gasteiger partial charge in [-0.2, -0.15) is 5.10 Å². The number of hydrogen-bond acceptors (Lipinski definition) is 10. The molecule has 0 radical (unpaired) electrons. The summed E-state index contributed by atoms with van der Waals surface area (Å²) in [6.07, 6.45) is 2.86. The number of hydrazone groups is 1. The molecule has 234 valence electrons. The van der Waals surface area contributed by atoms with Crippen LogP contribution in [0.5, 0.6) is 34.5 Å². The van der Waals surface area contributed by atoms with Gasteiger partial charge in [0.05, 0.1) is 33.1 Å². The number of nitrogens with zero attached hydrogens (tertiary/aromatic N) is 1. The van der Waals surface area contributed by atoms with Crippen LogP contribution >= 0.6 is 0 Å². The predicted octanol–water partition coefficient (Wildman–Crippen LogP) is 4.58. The summed E-state index contributed by atoms with van der Waals surface area (Å²) in [6, 6.07) is 23.1. The van der Waals surface area contributed by atoms with Crippen LogP contribution in [-0.4, -0.2) is 52.1 Å². The Morgan fingerprint density at radius 2 is 1.50 bits per heavy atom. The molecular formula is C34H29N3O9. The molecular weight excluding hydrogens is 594 g/mol. The lowest BCUT2D eigenvalue weighted by atomic mass is 10.1. The molecule has 0 bridgehead atoms. The highest BCUT2D eigenvalue weighted by Gasteiger charge is 2.19. The molecule has 0 spiro atoms. The molecule has 4 aromatic carbocycles. The molecule has 0 saturated heterocycles. The lowest BCUT2D eigenvalue weighted by Gasteiger charge is -2.13. The first kappa shape index (κ1) is 31.1. The smallest absolute Gasteiger partial charge is 0.343 e. The molecule has 2 amide bonds. The molecule has 12 heteroatoms. The van der Waals surface area contributed by atoms with E-state index in [1.165, 1.54) is 45.8 Å². The predicted molar refractivity (Wildman–Crippen MR) is 168 cm³/mol. The van der Waals surface area contributed by atoms with Crippen LogP contribution in [0.25, 0.3) is 6.08 Å². The van der Waals surface area contributed by atoms with E-state index >= 15 is 0 Å². The molecule has 46 heavy (non-hydrogen) atoms. The van der Waals surface area contributed by atoms with Crippen molar-refractivity contribution in [3.63, 3.8) is 0 Å². The van der Waals surface area contributed by atoms with Crippen molar-refractivity contribution in [3.05, 3.63) is 113 Å². The van der Waals surface area contributed by atoms with E-state index in [1.807, 2.05) is 0 Å². The molecule has 5 rings (SSSR count). The van der Waals surface area contributed by atoms with Crippen molar-refractivity contribution in [2.45, 2.75) is 0 Å². The summed E-state index contributed by atoms with van der Waals surface area (Å²) in [7, 11) is 4.35. The molecule has 0 atom stereocenters. The minimum atomic E-state index is -0.678. The molecule has 1 aliphatic rings. The third-order valence-electron chi connectivity index (χ3n) is 6.59. The van der Waals surface area contributed by atoms with Crippen LogP contribution in [0.4, 0.5) is 0 Å². The third kappa shape index (κ3) is 7.42. The molecule has 2 N–H and O–H groups in total. The summed E-state index contributed by atoms with van der Waals surface area (Å²) >= 11 is 0. The number of methoxy groups -OCH3 is 3. The highest BCUT2D eigenvalue weighted by atomic mass is 16.7. The van der Waals surface area contributed by atoms with Gasteiger partial charge < -0.3 is 33.7 Å². The minimum Gasteiger partial charge on any atom is -0.493 e. The lowest BCUT2D eigenvalue weighted by molar-refractivity contribution is -0.117. The van der Waals surface area contributed by atoms with Gasteiger partial charge in [0.15, 0.2) is 23.0 Å². The van der Waals surface area contributed by atoms with Crippen LogP contribution in [0.3, 0.4) is 0 Å². The summed E-state index contributed by atoms with van der Waals surface area (Å²) in [5.41, 5.74) is 4.03. The zero-order chi connectivity index (χ0) is 32.5. The third-order valence-corrected chi connectivity index (χ3v) is 6.59. The summed E-state index contributed by atoms with van der Waals surface area (Å²) < 4.78 is 32.2. The SMILES string of the molecule is COc1cc(C(=O)Oc2cccc(C=NNC(=O)C(=Cc3ccc4c(c3)OCO4)NC(=O)c3ccccc3)c2)cc(OC)c1OC. The largest absolute Gasteiger partial charge is 0.493 e. The number of esters is 1. The number of nitrogens with one attached hydrogen (secondary N) is 2. The van der Waals surface area contributed by atoms with Gasteiger partial charge in [0.2, 0.25) is 12.5 Å². The average molecular weight is 624 g/mol. The summed E-state index contributed by atoms with van der Waals surface area (Å²) in [4.78, 5) is 39.0. The number of benzene rings is 4. The van der Waals surface area contributed by atoms with E-state index in [9.17, 15) is 14.4 Å². The normalized spacial score (nSPS) is 11.9. The second-order valence-electron chi connectivity index (χ2n) is 9.57. The number of rotatable bonds is 11. The molecule has 1 aliphatic heterocycles. The summed E-state index contributed by atoms with van der Waals surface area (Å²) in [6.45, 7) is 0.0979. The first-order valence-electron chi connectivity index (χ1n) is 13.8. The van der Waals surface area contributed by atoms with E-state index < -0.39 is 17.8 Å². The van der Waals surface area contributed by atoms with E-state index in [0.29, 0.717) is 45.4 Å². The van der Waals surface area contributed by atoms with E-state index in [-0.39, 0.29) is 23.8 Å². The Labute approximate surface area is 264 Å². The van der Waals surface area contributed by atoms with Gasteiger partial charge >= 0.3 is 5.97 Å². The standard InChI is InChI=1S/C34H29N3O9/c1-41-29-17-24(18-30(42-2)31(29)43-3)34(40)46-25-11-7-8-22(14-25)19-35-37-33(39)26(36-32(38)23-9-5-4-6-10-23)15-21-12-13-27-28(16-21)45-20-44-27/h4-19H,20H2,1-3H3,(H,36,38)(H,37,39). The molecule has 0 saturated carbocycles. The average Bonchev–Trinajstić information content (AvgIpc) is 3.55. The Kier molecular flexibility index (Phi) is 9.78. The van der Waals surface area contributed by atoms with Crippen LogP contribution in [0, 0.1) is 0 Å². The molecule has 0 unspecified atom stereocenters. The van der Waals surface area contributed by atoms with Crippen molar-refractivity contribution in [2.24, 2.45) is 5.10 Å². The molecule has 0 aliphatic carbocycles. The Bertz CT molecular complexity index is 1800. The van der Waals surface area contributed by atoms with Crippen molar-refractivity contribution in [1.29, 1.82) is 0 Å². The van der Waals surface area contributed by atoms with Crippen molar-refractivity contribution in [2.75, 3.05) is 28.1 Å². The van der Waals surface area contributed by atoms with Gasteiger partial charge in [0.1, 0.15) is 11.4 Å². The van der Waals surface area contributed by atoms with E-state index in [1.54, 1.807) is 72.8 Å². The zero-order valence-electron chi connectivity index (χ0n) is 25.1. The van der Waals surface area contributed by atoms with Crippen molar-refractivity contribution in [3.8, 4) is 34.5 Å². The van der Waals surface area contributed by atoms with Crippen LogP contribution in [0.2, 0.25) is 0 Å². The number of carbonyl (C=O) groups is 3. The van der Waals surface area contributed by atoms with Gasteiger partial charge in [-0.3, -0.25) is 9.59 Å². The van der Waals surface area contributed by atoms with Crippen LogP contribution in [0.15, 0.2) is 95.7 Å². The zero-order valence-corrected chi connectivity index (χ0v) is 25.1. The fourth-order valence-electron chi connectivity index (χ4n) is 4.36. The molecule has 0 aromatic heterocycles. The molecule has 0 fully saturated rings. The maximum atomic E-state index is 13.2. The highest BCUT2D eigenvalue weighted by molar-refractivity contribution is 6.05. The Hall–Kier alpha value is -6.30. The highest BCUT2D eigenvalue weighted by Crippen LogP contribution is 2.38. The number of ether oxygens (including phenoxy) is 6.